The van der Waals surface area contributed by atoms with E-state index < -0.39 is 4.92 Å². The molecule has 0 saturated heterocycles. The van der Waals surface area contributed by atoms with Crippen molar-refractivity contribution in [3.05, 3.63) is 63.2 Å². The van der Waals surface area contributed by atoms with Crippen molar-refractivity contribution in [1.29, 1.82) is 0 Å². The Morgan fingerprint density at radius 2 is 1.86 bits per heavy atom. The molecule has 0 aliphatic heterocycles. The maximum atomic E-state index is 11.5. The second kappa shape index (κ2) is 7.29. The van der Waals surface area contributed by atoms with Crippen molar-refractivity contribution in [1.82, 2.24) is 0 Å². The van der Waals surface area contributed by atoms with E-state index in [0.29, 0.717) is 12.2 Å². The summed E-state index contributed by atoms with van der Waals surface area (Å²) in [6, 6.07) is 11.5. The summed E-state index contributed by atoms with van der Waals surface area (Å²) in [4.78, 5) is 23.4. The number of rotatable bonds is 5. The van der Waals surface area contributed by atoms with Crippen molar-refractivity contribution in [2.75, 3.05) is 6.61 Å². The Morgan fingerprint density at radius 1 is 1.23 bits per heavy atom. The number of nitro groups is 1. The molecule has 2 rings (SSSR count). The fraction of sp³-hybridized carbons (Fsp3) is 0.133. The van der Waals surface area contributed by atoms with Gasteiger partial charge in [0.15, 0.2) is 0 Å². The number of carbonyl (C=O) groups is 1. The van der Waals surface area contributed by atoms with Crippen LogP contribution < -0.4 is 0 Å². The molecule has 0 aliphatic rings. The Hall–Kier alpha value is -2.05. The molecule has 0 unspecified atom stereocenters. The molecular weight excluding hydrogens is 326 g/mol. The lowest BCUT2D eigenvalue weighted by Crippen LogP contribution is -2.03. The number of ether oxygens (including phenoxy) is 1. The molecule has 0 aliphatic carbocycles. The Balaban J connectivity index is 2.12. The molecule has 5 nitrogen and oxygen atoms in total. The van der Waals surface area contributed by atoms with Crippen LogP contribution in [0, 0.1) is 10.1 Å². The minimum Gasteiger partial charge on any atom is -0.462 e. The molecule has 22 heavy (non-hydrogen) atoms. The highest BCUT2D eigenvalue weighted by Gasteiger charge is 2.13. The van der Waals surface area contributed by atoms with Gasteiger partial charge in [-0.05, 0) is 43.3 Å². The van der Waals surface area contributed by atoms with Crippen LogP contribution in [0.1, 0.15) is 17.3 Å². The normalized spacial score (nSPS) is 10.3. The highest BCUT2D eigenvalue weighted by atomic mass is 35.5. The third-order valence-corrected chi connectivity index (χ3v) is 4.02. The van der Waals surface area contributed by atoms with E-state index in [1.54, 1.807) is 43.3 Å². The minimum atomic E-state index is -0.523. The van der Waals surface area contributed by atoms with Crippen molar-refractivity contribution in [2.24, 2.45) is 0 Å². The van der Waals surface area contributed by atoms with Gasteiger partial charge in [-0.25, -0.2) is 4.79 Å². The van der Waals surface area contributed by atoms with E-state index in [0.717, 1.165) is 9.79 Å². The molecule has 0 spiro atoms. The highest BCUT2D eigenvalue weighted by molar-refractivity contribution is 7.99. The molecule has 2 aromatic rings. The summed E-state index contributed by atoms with van der Waals surface area (Å²) >= 11 is 7.27. The van der Waals surface area contributed by atoms with Gasteiger partial charge in [-0.3, -0.25) is 10.1 Å². The third kappa shape index (κ3) is 3.99. The van der Waals surface area contributed by atoms with Gasteiger partial charge < -0.3 is 4.74 Å². The van der Waals surface area contributed by atoms with E-state index in [2.05, 4.69) is 0 Å². The van der Waals surface area contributed by atoms with Crippen LogP contribution in [0.25, 0.3) is 0 Å². The van der Waals surface area contributed by atoms with Gasteiger partial charge in [-0.1, -0.05) is 23.4 Å². The van der Waals surface area contributed by atoms with Gasteiger partial charge in [0.1, 0.15) is 5.02 Å². The molecule has 0 N–H and O–H groups in total. The van der Waals surface area contributed by atoms with E-state index in [4.69, 9.17) is 16.3 Å². The first-order valence-corrected chi connectivity index (χ1v) is 7.59. The number of halogens is 1. The van der Waals surface area contributed by atoms with Gasteiger partial charge in [0.05, 0.1) is 17.1 Å². The van der Waals surface area contributed by atoms with Crippen molar-refractivity contribution >= 4 is 35.0 Å². The molecule has 7 heteroatoms. The lowest BCUT2D eigenvalue weighted by Gasteiger charge is -2.05. The van der Waals surface area contributed by atoms with Crippen LogP contribution in [0.15, 0.2) is 52.3 Å². The summed E-state index contributed by atoms with van der Waals surface area (Å²) in [5, 5.41) is 10.8. The first-order chi connectivity index (χ1) is 10.5. The first kappa shape index (κ1) is 16.3. The zero-order valence-electron chi connectivity index (χ0n) is 11.6. The molecule has 0 aromatic heterocycles. The average molecular weight is 338 g/mol. The predicted octanol–water partition coefficient (Wildman–Crippen LogP) is 4.58. The largest absolute Gasteiger partial charge is 0.462 e. The third-order valence-electron chi connectivity index (χ3n) is 2.72. The number of esters is 1. The Kier molecular flexibility index (Phi) is 5.41. The van der Waals surface area contributed by atoms with E-state index in [9.17, 15) is 14.9 Å². The lowest BCUT2D eigenvalue weighted by atomic mass is 10.2. The second-order valence-corrected chi connectivity index (χ2v) is 5.77. The Bertz CT molecular complexity index is 703. The summed E-state index contributed by atoms with van der Waals surface area (Å²) in [7, 11) is 0. The van der Waals surface area contributed by atoms with Crippen molar-refractivity contribution in [2.45, 2.75) is 16.7 Å². The molecule has 0 fully saturated rings. The van der Waals surface area contributed by atoms with Crippen LogP contribution in [0.2, 0.25) is 5.02 Å². The van der Waals surface area contributed by atoms with Crippen LogP contribution in [0.4, 0.5) is 5.69 Å². The fourth-order valence-corrected chi connectivity index (χ4v) is 2.88. The predicted molar refractivity (Wildman–Crippen MR) is 84.6 cm³/mol. The number of benzene rings is 2. The maximum absolute atomic E-state index is 11.5. The first-order valence-electron chi connectivity index (χ1n) is 6.40. The van der Waals surface area contributed by atoms with Crippen LogP contribution in [-0.4, -0.2) is 17.5 Å². The lowest BCUT2D eigenvalue weighted by molar-refractivity contribution is -0.384. The zero-order chi connectivity index (χ0) is 16.1. The average Bonchev–Trinajstić information content (AvgIpc) is 2.48. The molecule has 0 atom stereocenters. The quantitative estimate of drug-likeness (QED) is 0.454. The van der Waals surface area contributed by atoms with Gasteiger partial charge in [-0.15, -0.1) is 0 Å². The number of hydrogen-bond donors (Lipinski definition) is 0. The molecule has 0 saturated carbocycles. The van der Waals surface area contributed by atoms with Crippen LogP contribution in [0.3, 0.4) is 0 Å². The Labute approximate surface area is 136 Å². The number of hydrogen-bond acceptors (Lipinski definition) is 5. The SMILES string of the molecule is CCOC(=O)c1ccc(Sc2ccc([N+](=O)[O-])c(Cl)c2)cc1. The van der Waals surface area contributed by atoms with Crippen LogP contribution in [-0.2, 0) is 4.74 Å². The highest BCUT2D eigenvalue weighted by Crippen LogP contribution is 2.33. The van der Waals surface area contributed by atoms with E-state index in [-0.39, 0.29) is 16.7 Å². The number of carbonyl (C=O) groups excluding carboxylic acids is 1. The number of nitrogens with zero attached hydrogens (tertiary/aromatic N) is 1. The van der Waals surface area contributed by atoms with Crippen molar-refractivity contribution in [3.8, 4) is 0 Å². The topological polar surface area (TPSA) is 69.4 Å². The second-order valence-electron chi connectivity index (χ2n) is 4.22. The molecular formula is C15H12ClNO4S. The molecule has 0 amide bonds. The molecule has 0 heterocycles. The van der Waals surface area contributed by atoms with Crippen molar-refractivity contribution in [3.63, 3.8) is 0 Å². The summed E-state index contributed by atoms with van der Waals surface area (Å²) in [6.45, 7) is 2.08. The molecule has 0 radical (unpaired) electrons. The van der Waals surface area contributed by atoms with Gasteiger partial charge in [0.25, 0.3) is 5.69 Å². The van der Waals surface area contributed by atoms with E-state index >= 15 is 0 Å². The molecule has 2 aromatic carbocycles. The summed E-state index contributed by atoms with van der Waals surface area (Å²) in [5.74, 6) is -0.363. The van der Waals surface area contributed by atoms with Gasteiger partial charge in [0.2, 0.25) is 0 Å². The monoisotopic (exact) mass is 337 g/mol. The van der Waals surface area contributed by atoms with Crippen molar-refractivity contribution < 1.29 is 14.5 Å². The maximum Gasteiger partial charge on any atom is 0.338 e. The standard InChI is InChI=1S/C15H12ClNO4S/c1-2-21-15(18)10-3-5-11(6-4-10)22-12-7-8-14(17(19)20)13(16)9-12/h3-9H,2H2,1H3. The minimum absolute atomic E-state index is 0.0955. The van der Waals surface area contributed by atoms with Gasteiger partial charge in [0, 0.05) is 15.9 Å². The summed E-state index contributed by atoms with van der Waals surface area (Å²) in [5.41, 5.74) is 0.358. The van der Waals surface area contributed by atoms with Gasteiger partial charge >= 0.3 is 5.97 Å². The van der Waals surface area contributed by atoms with Crippen LogP contribution in [0.5, 0.6) is 0 Å². The fourth-order valence-electron chi connectivity index (χ4n) is 1.71. The molecule has 114 valence electrons. The smallest absolute Gasteiger partial charge is 0.338 e. The molecule has 0 bridgehead atoms. The van der Waals surface area contributed by atoms with E-state index in [1.807, 2.05) is 0 Å². The van der Waals surface area contributed by atoms with Gasteiger partial charge in [-0.2, -0.15) is 0 Å². The van der Waals surface area contributed by atoms with Crippen LogP contribution >= 0.6 is 23.4 Å². The zero-order valence-corrected chi connectivity index (χ0v) is 13.2. The Morgan fingerprint density at radius 3 is 2.41 bits per heavy atom. The summed E-state index contributed by atoms with van der Waals surface area (Å²) < 4.78 is 4.91. The van der Waals surface area contributed by atoms with E-state index in [1.165, 1.54) is 17.8 Å². The summed E-state index contributed by atoms with van der Waals surface area (Å²) in [6.07, 6.45) is 0. The number of nitro benzene ring substituents is 1.